The Morgan fingerprint density at radius 2 is 2.05 bits per heavy atom. The van der Waals surface area contributed by atoms with Crippen molar-refractivity contribution in [2.75, 3.05) is 31.5 Å². The first-order valence-corrected chi connectivity index (χ1v) is 7.59. The lowest BCUT2D eigenvalue weighted by atomic mass is 10.1. The third-order valence-corrected chi connectivity index (χ3v) is 3.94. The van der Waals surface area contributed by atoms with E-state index in [9.17, 15) is 14.9 Å². The van der Waals surface area contributed by atoms with E-state index < -0.39 is 4.92 Å². The van der Waals surface area contributed by atoms with Crippen LogP contribution in [-0.2, 0) is 4.79 Å². The molecule has 0 unspecified atom stereocenters. The van der Waals surface area contributed by atoms with Crippen molar-refractivity contribution in [3.63, 3.8) is 0 Å². The molecule has 7 heteroatoms. The summed E-state index contributed by atoms with van der Waals surface area (Å²) in [6.45, 7) is 5.21. The standard InChI is InChI=1S/C15H22N4O3/c1-2-18-9-7-12(8-10-18)17-15(20)11-16-13-5-3-4-6-14(13)19(21)22/h3-6,12,16H,2,7-11H2,1H3,(H,17,20). The van der Waals surface area contributed by atoms with Gasteiger partial charge in [-0.2, -0.15) is 0 Å². The Hall–Kier alpha value is -2.15. The van der Waals surface area contributed by atoms with Crippen LogP contribution in [0, 0.1) is 10.1 Å². The van der Waals surface area contributed by atoms with Gasteiger partial charge >= 0.3 is 0 Å². The van der Waals surface area contributed by atoms with Crippen molar-refractivity contribution in [3.05, 3.63) is 34.4 Å². The summed E-state index contributed by atoms with van der Waals surface area (Å²) >= 11 is 0. The molecule has 1 aliphatic heterocycles. The van der Waals surface area contributed by atoms with Gasteiger partial charge in [-0.1, -0.05) is 19.1 Å². The molecule has 0 saturated carbocycles. The van der Waals surface area contributed by atoms with Gasteiger partial charge in [0, 0.05) is 25.2 Å². The van der Waals surface area contributed by atoms with Gasteiger partial charge < -0.3 is 15.5 Å². The molecule has 2 N–H and O–H groups in total. The molecule has 1 aromatic rings. The minimum atomic E-state index is -0.458. The number of rotatable bonds is 6. The molecule has 1 saturated heterocycles. The Morgan fingerprint density at radius 3 is 2.68 bits per heavy atom. The molecule has 1 amide bonds. The van der Waals surface area contributed by atoms with Crippen LogP contribution >= 0.6 is 0 Å². The fourth-order valence-electron chi connectivity index (χ4n) is 2.63. The maximum atomic E-state index is 12.0. The number of nitro groups is 1. The highest BCUT2D eigenvalue weighted by Gasteiger charge is 2.20. The Balaban J connectivity index is 1.80. The van der Waals surface area contributed by atoms with Crippen LogP contribution in [0.25, 0.3) is 0 Å². The second-order valence-electron chi connectivity index (χ2n) is 5.40. The normalized spacial score (nSPS) is 16.2. The van der Waals surface area contributed by atoms with Gasteiger partial charge in [-0.3, -0.25) is 14.9 Å². The van der Waals surface area contributed by atoms with Crippen LogP contribution in [0.5, 0.6) is 0 Å². The van der Waals surface area contributed by atoms with Crippen LogP contribution in [0.2, 0.25) is 0 Å². The Bertz CT molecular complexity index is 527. The van der Waals surface area contributed by atoms with Gasteiger partial charge in [0.05, 0.1) is 11.5 Å². The molecular weight excluding hydrogens is 284 g/mol. The van der Waals surface area contributed by atoms with E-state index in [0.717, 1.165) is 32.5 Å². The number of carbonyl (C=O) groups is 1. The zero-order valence-corrected chi connectivity index (χ0v) is 12.7. The van der Waals surface area contributed by atoms with Gasteiger partial charge in [-0.05, 0) is 25.5 Å². The number of amides is 1. The zero-order valence-electron chi connectivity index (χ0n) is 12.7. The van der Waals surface area contributed by atoms with Gasteiger partial charge in [0.15, 0.2) is 0 Å². The maximum Gasteiger partial charge on any atom is 0.292 e. The molecule has 1 fully saturated rings. The predicted molar refractivity (Wildman–Crippen MR) is 84.9 cm³/mol. The molecule has 0 atom stereocenters. The summed E-state index contributed by atoms with van der Waals surface area (Å²) in [4.78, 5) is 24.8. The van der Waals surface area contributed by atoms with Crippen molar-refractivity contribution in [2.45, 2.75) is 25.8 Å². The summed E-state index contributed by atoms with van der Waals surface area (Å²) in [6, 6.07) is 6.52. The van der Waals surface area contributed by atoms with E-state index >= 15 is 0 Å². The van der Waals surface area contributed by atoms with E-state index in [-0.39, 0.29) is 24.2 Å². The quantitative estimate of drug-likeness (QED) is 0.616. The van der Waals surface area contributed by atoms with E-state index in [4.69, 9.17) is 0 Å². The Labute approximate surface area is 129 Å². The highest BCUT2D eigenvalue weighted by Crippen LogP contribution is 2.22. The Morgan fingerprint density at radius 1 is 1.36 bits per heavy atom. The lowest BCUT2D eigenvalue weighted by molar-refractivity contribution is -0.383. The van der Waals surface area contributed by atoms with Crippen LogP contribution in [0.4, 0.5) is 11.4 Å². The summed E-state index contributed by atoms with van der Waals surface area (Å²) in [5, 5.41) is 16.7. The fourth-order valence-corrected chi connectivity index (χ4v) is 2.63. The molecule has 1 heterocycles. The molecular formula is C15H22N4O3. The molecule has 0 aliphatic carbocycles. The van der Waals surface area contributed by atoms with Crippen LogP contribution in [0.1, 0.15) is 19.8 Å². The van der Waals surface area contributed by atoms with Crippen LogP contribution in [0.3, 0.4) is 0 Å². The average molecular weight is 306 g/mol. The van der Waals surface area contributed by atoms with E-state index in [1.165, 1.54) is 6.07 Å². The van der Waals surface area contributed by atoms with Crippen molar-refractivity contribution in [1.29, 1.82) is 0 Å². The number of hydrogen-bond donors (Lipinski definition) is 2. The summed E-state index contributed by atoms with van der Waals surface area (Å²) < 4.78 is 0. The first-order valence-electron chi connectivity index (χ1n) is 7.59. The largest absolute Gasteiger partial charge is 0.371 e. The third-order valence-electron chi connectivity index (χ3n) is 3.94. The van der Waals surface area contributed by atoms with Gasteiger partial charge in [0.25, 0.3) is 5.69 Å². The van der Waals surface area contributed by atoms with Crippen LogP contribution < -0.4 is 10.6 Å². The molecule has 2 rings (SSSR count). The van der Waals surface area contributed by atoms with Gasteiger partial charge in [0.1, 0.15) is 5.69 Å². The lowest BCUT2D eigenvalue weighted by Crippen LogP contribution is -2.46. The second-order valence-corrected chi connectivity index (χ2v) is 5.40. The molecule has 1 aromatic carbocycles. The molecule has 22 heavy (non-hydrogen) atoms. The van der Waals surface area contributed by atoms with E-state index in [0.29, 0.717) is 5.69 Å². The van der Waals surface area contributed by atoms with Crippen LogP contribution in [-0.4, -0.2) is 48.0 Å². The maximum absolute atomic E-state index is 12.0. The van der Waals surface area contributed by atoms with E-state index in [1.54, 1.807) is 18.2 Å². The highest BCUT2D eigenvalue weighted by molar-refractivity contribution is 5.81. The van der Waals surface area contributed by atoms with Crippen LogP contribution in [0.15, 0.2) is 24.3 Å². The molecule has 0 aromatic heterocycles. The van der Waals surface area contributed by atoms with Crippen molar-refractivity contribution < 1.29 is 9.72 Å². The van der Waals surface area contributed by atoms with E-state index in [1.807, 2.05) is 0 Å². The van der Waals surface area contributed by atoms with Crippen molar-refractivity contribution >= 4 is 17.3 Å². The minimum absolute atomic E-state index is 0.0217. The minimum Gasteiger partial charge on any atom is -0.371 e. The summed E-state index contributed by atoms with van der Waals surface area (Å²) in [6.07, 6.45) is 1.90. The van der Waals surface area contributed by atoms with Gasteiger partial charge in [-0.25, -0.2) is 0 Å². The number of benzene rings is 1. The number of nitro benzene ring substituents is 1. The first-order chi connectivity index (χ1) is 10.6. The molecule has 1 aliphatic rings. The topological polar surface area (TPSA) is 87.5 Å². The molecule has 0 spiro atoms. The first kappa shape index (κ1) is 16.2. The number of hydrogen-bond acceptors (Lipinski definition) is 5. The number of anilines is 1. The van der Waals surface area contributed by atoms with Gasteiger partial charge in [0.2, 0.25) is 5.91 Å². The summed E-state index contributed by atoms with van der Waals surface area (Å²) in [5.41, 5.74) is 0.343. The van der Waals surface area contributed by atoms with Gasteiger partial charge in [-0.15, -0.1) is 0 Å². The summed E-state index contributed by atoms with van der Waals surface area (Å²) in [7, 11) is 0. The zero-order chi connectivity index (χ0) is 15.9. The average Bonchev–Trinajstić information content (AvgIpc) is 2.54. The molecule has 0 radical (unpaired) electrons. The van der Waals surface area contributed by atoms with Crippen molar-refractivity contribution in [3.8, 4) is 0 Å². The number of carbonyl (C=O) groups excluding carboxylic acids is 1. The molecule has 0 bridgehead atoms. The highest BCUT2D eigenvalue weighted by atomic mass is 16.6. The number of nitrogens with zero attached hydrogens (tertiary/aromatic N) is 2. The summed E-state index contributed by atoms with van der Waals surface area (Å²) in [5.74, 6) is -0.131. The number of piperidine rings is 1. The fraction of sp³-hybridized carbons (Fsp3) is 0.533. The van der Waals surface area contributed by atoms with E-state index in [2.05, 4.69) is 22.5 Å². The predicted octanol–water partition coefficient (Wildman–Crippen LogP) is 1.61. The molecule has 120 valence electrons. The van der Waals surface area contributed by atoms with Crippen molar-refractivity contribution in [2.24, 2.45) is 0 Å². The monoisotopic (exact) mass is 306 g/mol. The molecule has 7 nitrogen and oxygen atoms in total. The SMILES string of the molecule is CCN1CCC(NC(=O)CNc2ccccc2[N+](=O)[O-])CC1. The number of para-hydroxylation sites is 2. The second kappa shape index (κ2) is 7.74. The number of nitrogens with one attached hydrogen (secondary N) is 2. The number of likely N-dealkylation sites (tertiary alicyclic amines) is 1. The van der Waals surface area contributed by atoms with Crippen molar-refractivity contribution in [1.82, 2.24) is 10.2 Å². The smallest absolute Gasteiger partial charge is 0.292 e. The Kier molecular flexibility index (Phi) is 5.71. The lowest BCUT2D eigenvalue weighted by Gasteiger charge is -2.31. The third kappa shape index (κ3) is 4.42.